The molecule has 0 aliphatic carbocycles. The number of rotatable bonds is 3. The number of benzene rings is 1. The summed E-state index contributed by atoms with van der Waals surface area (Å²) in [6, 6.07) is 6.00. The molecule has 1 aromatic carbocycles. The van der Waals surface area contributed by atoms with Gasteiger partial charge in [0.05, 0.1) is 10.0 Å². The highest BCUT2D eigenvalue weighted by molar-refractivity contribution is 6.44. The molecule has 111 valence electrons. The maximum absolute atomic E-state index is 12.4. The number of amides is 2. The molecular formula is C15H15Cl2N2O2. The van der Waals surface area contributed by atoms with E-state index in [1.807, 2.05) is 0 Å². The number of piperidine rings is 1. The molecule has 1 heterocycles. The summed E-state index contributed by atoms with van der Waals surface area (Å²) in [4.78, 5) is 25.2. The van der Waals surface area contributed by atoms with Crippen LogP contribution in [0.4, 0.5) is 0 Å². The van der Waals surface area contributed by atoms with Crippen molar-refractivity contribution in [1.29, 1.82) is 0 Å². The Morgan fingerprint density at radius 1 is 1.33 bits per heavy atom. The van der Waals surface area contributed by atoms with Crippen LogP contribution in [-0.4, -0.2) is 29.8 Å². The third kappa shape index (κ3) is 3.39. The molecule has 1 aromatic rings. The molecule has 2 amide bonds. The van der Waals surface area contributed by atoms with Crippen molar-refractivity contribution in [2.75, 3.05) is 13.1 Å². The first-order valence-corrected chi connectivity index (χ1v) is 7.31. The normalized spacial score (nSPS) is 15.8. The Hall–Kier alpha value is -1.52. The molecule has 1 aliphatic heterocycles. The summed E-state index contributed by atoms with van der Waals surface area (Å²) in [5.74, 6) is -0.678. The molecule has 1 fully saturated rings. The Morgan fingerprint density at radius 2 is 1.95 bits per heavy atom. The van der Waals surface area contributed by atoms with Crippen LogP contribution in [0.2, 0.25) is 10.0 Å². The minimum atomic E-state index is -0.311. The summed E-state index contributed by atoms with van der Waals surface area (Å²) in [6.45, 7) is 4.78. The Kier molecular flexibility index (Phi) is 4.91. The molecule has 1 radical (unpaired) electrons. The third-order valence-corrected chi connectivity index (χ3v) is 4.44. The van der Waals surface area contributed by atoms with Crippen LogP contribution in [0.5, 0.6) is 0 Å². The molecule has 1 saturated heterocycles. The van der Waals surface area contributed by atoms with Crippen molar-refractivity contribution in [3.8, 4) is 0 Å². The fourth-order valence-corrected chi connectivity index (χ4v) is 2.76. The topological polar surface area (TPSA) is 63.4 Å². The maximum atomic E-state index is 12.4. The molecule has 6 heteroatoms. The molecular weight excluding hydrogens is 311 g/mol. The number of likely N-dealkylation sites (tertiary alicyclic amines) is 1. The van der Waals surface area contributed by atoms with Crippen LogP contribution in [-0.2, 0) is 9.59 Å². The fourth-order valence-electron chi connectivity index (χ4n) is 2.36. The molecule has 21 heavy (non-hydrogen) atoms. The number of hydrogen-bond acceptors (Lipinski definition) is 2. The van der Waals surface area contributed by atoms with E-state index in [0.29, 0.717) is 31.5 Å². The predicted octanol–water partition coefficient (Wildman–Crippen LogP) is 2.53. The van der Waals surface area contributed by atoms with Crippen LogP contribution in [0.3, 0.4) is 0 Å². The highest BCUT2D eigenvalue weighted by atomic mass is 35.5. The second kappa shape index (κ2) is 6.50. The first-order valence-electron chi connectivity index (χ1n) is 6.55. The van der Waals surface area contributed by atoms with Gasteiger partial charge in [-0.1, -0.05) is 41.9 Å². The minimum Gasteiger partial charge on any atom is -0.369 e. The van der Waals surface area contributed by atoms with E-state index in [9.17, 15) is 9.59 Å². The van der Waals surface area contributed by atoms with Crippen molar-refractivity contribution in [2.45, 2.75) is 12.8 Å². The number of halogens is 2. The summed E-state index contributed by atoms with van der Waals surface area (Å²) in [6.07, 6.45) is 1.15. The van der Waals surface area contributed by atoms with Gasteiger partial charge in [-0.2, -0.15) is 0 Å². The van der Waals surface area contributed by atoms with Gasteiger partial charge in [0.25, 0.3) is 5.91 Å². The standard InChI is InChI=1S/C15H15Cl2N2O2/c1-9(11-3-2-4-12(16)13(11)17)15(21)19-7-5-10(6-8-19)14(18)20/h2-3,10H,1,5-8H2,(H2,18,20). The van der Waals surface area contributed by atoms with Crippen molar-refractivity contribution >= 4 is 40.6 Å². The fraction of sp³-hybridized carbons (Fsp3) is 0.333. The van der Waals surface area contributed by atoms with Gasteiger partial charge in [0.2, 0.25) is 5.91 Å². The van der Waals surface area contributed by atoms with E-state index in [4.69, 9.17) is 28.9 Å². The van der Waals surface area contributed by atoms with Crippen LogP contribution >= 0.6 is 23.2 Å². The minimum absolute atomic E-state index is 0.160. The highest BCUT2D eigenvalue weighted by Gasteiger charge is 2.27. The molecule has 2 rings (SSSR count). The maximum Gasteiger partial charge on any atom is 0.253 e. The van der Waals surface area contributed by atoms with Gasteiger partial charge in [-0.3, -0.25) is 9.59 Å². The molecule has 1 aliphatic rings. The van der Waals surface area contributed by atoms with Crippen molar-refractivity contribution < 1.29 is 9.59 Å². The number of nitrogens with two attached hydrogens (primary N) is 1. The second-order valence-corrected chi connectivity index (χ2v) is 5.72. The molecule has 0 aromatic heterocycles. The summed E-state index contributed by atoms with van der Waals surface area (Å²) in [5, 5.41) is 0.528. The lowest BCUT2D eigenvalue weighted by molar-refractivity contribution is -0.130. The predicted molar refractivity (Wildman–Crippen MR) is 82.8 cm³/mol. The van der Waals surface area contributed by atoms with Gasteiger partial charge >= 0.3 is 0 Å². The van der Waals surface area contributed by atoms with Crippen LogP contribution in [0, 0.1) is 12.0 Å². The second-order valence-electron chi connectivity index (χ2n) is 4.97. The Bertz CT molecular complexity index is 593. The van der Waals surface area contributed by atoms with Gasteiger partial charge in [-0.15, -0.1) is 0 Å². The molecule has 2 N–H and O–H groups in total. The van der Waals surface area contributed by atoms with E-state index in [-0.39, 0.29) is 33.4 Å². The van der Waals surface area contributed by atoms with E-state index in [2.05, 4.69) is 12.6 Å². The van der Waals surface area contributed by atoms with E-state index >= 15 is 0 Å². The summed E-state index contributed by atoms with van der Waals surface area (Å²) >= 11 is 12.0. The summed E-state index contributed by atoms with van der Waals surface area (Å²) in [5.41, 5.74) is 6.07. The first-order chi connectivity index (χ1) is 9.91. The molecule has 0 spiro atoms. The molecule has 0 bridgehead atoms. The van der Waals surface area contributed by atoms with Crippen LogP contribution < -0.4 is 5.73 Å². The lowest BCUT2D eigenvalue weighted by atomic mass is 9.95. The number of primary amides is 1. The number of hydrogen-bond donors (Lipinski definition) is 1. The quantitative estimate of drug-likeness (QED) is 0.868. The van der Waals surface area contributed by atoms with Crippen LogP contribution in [0.15, 0.2) is 18.7 Å². The third-order valence-electron chi connectivity index (χ3n) is 3.66. The summed E-state index contributed by atoms with van der Waals surface area (Å²) in [7, 11) is 0. The van der Waals surface area contributed by atoms with Crippen LogP contribution in [0.1, 0.15) is 18.4 Å². The van der Waals surface area contributed by atoms with E-state index in [0.717, 1.165) is 0 Å². The van der Waals surface area contributed by atoms with Crippen molar-refractivity contribution in [1.82, 2.24) is 4.90 Å². The van der Waals surface area contributed by atoms with Crippen molar-refractivity contribution in [3.05, 3.63) is 40.4 Å². The first kappa shape index (κ1) is 15.9. The highest BCUT2D eigenvalue weighted by Crippen LogP contribution is 2.31. The number of nitrogens with zero attached hydrogens (tertiary/aromatic N) is 1. The molecule has 4 nitrogen and oxygen atoms in total. The number of carbonyl (C=O) groups is 2. The van der Waals surface area contributed by atoms with Gasteiger partial charge in [0.1, 0.15) is 0 Å². The van der Waals surface area contributed by atoms with E-state index in [1.54, 1.807) is 17.0 Å². The lowest BCUT2D eigenvalue weighted by Gasteiger charge is -2.31. The van der Waals surface area contributed by atoms with Gasteiger partial charge in [0.15, 0.2) is 0 Å². The lowest BCUT2D eigenvalue weighted by Crippen LogP contribution is -2.41. The average Bonchev–Trinajstić information content (AvgIpc) is 2.48. The van der Waals surface area contributed by atoms with E-state index in [1.165, 1.54) is 0 Å². The van der Waals surface area contributed by atoms with Crippen molar-refractivity contribution in [2.24, 2.45) is 11.7 Å². The molecule has 0 saturated carbocycles. The Labute approximate surface area is 133 Å². The van der Waals surface area contributed by atoms with Crippen LogP contribution in [0.25, 0.3) is 5.57 Å². The smallest absolute Gasteiger partial charge is 0.253 e. The molecule has 0 atom stereocenters. The zero-order chi connectivity index (χ0) is 15.6. The van der Waals surface area contributed by atoms with Gasteiger partial charge in [-0.05, 0) is 12.8 Å². The SMILES string of the molecule is C=C(C(=O)N1CCC(C(N)=O)CC1)c1cc[c]c(Cl)c1Cl. The summed E-state index contributed by atoms with van der Waals surface area (Å²) < 4.78 is 0. The van der Waals surface area contributed by atoms with Gasteiger partial charge < -0.3 is 10.6 Å². The average molecular weight is 326 g/mol. The Morgan fingerprint density at radius 3 is 2.52 bits per heavy atom. The zero-order valence-electron chi connectivity index (χ0n) is 11.4. The molecule has 0 unspecified atom stereocenters. The number of carbonyl (C=O) groups excluding carboxylic acids is 2. The van der Waals surface area contributed by atoms with Gasteiger partial charge in [-0.25, -0.2) is 0 Å². The van der Waals surface area contributed by atoms with E-state index < -0.39 is 0 Å². The largest absolute Gasteiger partial charge is 0.369 e. The monoisotopic (exact) mass is 325 g/mol. The zero-order valence-corrected chi connectivity index (χ0v) is 12.9. The van der Waals surface area contributed by atoms with Crippen molar-refractivity contribution in [3.63, 3.8) is 0 Å². The Balaban J connectivity index is 2.09. The van der Waals surface area contributed by atoms with Gasteiger partial charge in [0, 0.05) is 36.2 Å².